The topological polar surface area (TPSA) is 54.1 Å². The molecular formula is C24H30N2O2. The highest BCUT2D eigenvalue weighted by Crippen LogP contribution is 2.32. The van der Waals surface area contributed by atoms with E-state index < -0.39 is 0 Å². The summed E-state index contributed by atoms with van der Waals surface area (Å²) in [6, 6.07) is 16.9. The molecule has 0 fully saturated rings. The van der Waals surface area contributed by atoms with Crippen molar-refractivity contribution in [1.29, 1.82) is 0 Å². The van der Waals surface area contributed by atoms with Crippen molar-refractivity contribution in [2.24, 2.45) is 0 Å². The molecule has 3 aromatic rings. The molecular weight excluding hydrogens is 348 g/mol. The van der Waals surface area contributed by atoms with E-state index in [0.717, 1.165) is 19.3 Å². The minimum absolute atomic E-state index is 0.0954. The first-order valence-corrected chi connectivity index (χ1v) is 10.1. The maximum absolute atomic E-state index is 12.6. The first-order valence-electron chi connectivity index (χ1n) is 10.1. The van der Waals surface area contributed by atoms with Crippen LogP contribution in [0.3, 0.4) is 0 Å². The number of amides is 1. The van der Waals surface area contributed by atoms with Gasteiger partial charge in [-0.2, -0.15) is 0 Å². The number of benzene rings is 2. The Labute approximate surface area is 167 Å². The Bertz CT molecular complexity index is 886. The SMILES string of the molecule is CCc1cccc2c(C(CC(=O)NCCCOC)Cc3ccccc3)c[nH]c12. The molecule has 4 nitrogen and oxygen atoms in total. The number of carbonyl (C=O) groups is 1. The predicted octanol–water partition coefficient (Wildman–Crippen LogP) is 4.60. The highest BCUT2D eigenvalue weighted by Gasteiger charge is 2.20. The fraction of sp³-hybridized carbons (Fsp3) is 0.375. The van der Waals surface area contributed by atoms with Crippen molar-refractivity contribution in [3.8, 4) is 0 Å². The number of fused-ring (bicyclic) bond motifs is 1. The molecule has 0 aliphatic rings. The summed E-state index contributed by atoms with van der Waals surface area (Å²) in [6.45, 7) is 3.48. The van der Waals surface area contributed by atoms with Gasteiger partial charge in [-0.05, 0) is 41.9 Å². The highest BCUT2D eigenvalue weighted by molar-refractivity contribution is 5.87. The number of para-hydroxylation sites is 1. The lowest BCUT2D eigenvalue weighted by Crippen LogP contribution is -2.27. The molecule has 4 heteroatoms. The lowest BCUT2D eigenvalue weighted by molar-refractivity contribution is -0.121. The van der Waals surface area contributed by atoms with Crippen LogP contribution in [0.4, 0.5) is 0 Å². The standard InChI is InChI=1S/C24H30N2O2/c1-3-19-11-7-12-21-22(17-26-24(19)21)20(15-18-9-5-4-6-10-18)16-23(27)25-13-8-14-28-2/h4-7,9-12,17,20,26H,3,8,13-16H2,1-2H3,(H,25,27). The Morgan fingerprint density at radius 3 is 2.71 bits per heavy atom. The number of rotatable bonds is 10. The average Bonchev–Trinajstić information content (AvgIpc) is 3.16. The number of nitrogens with one attached hydrogen (secondary N) is 2. The van der Waals surface area contributed by atoms with Crippen LogP contribution in [-0.2, 0) is 22.4 Å². The van der Waals surface area contributed by atoms with Gasteiger partial charge >= 0.3 is 0 Å². The molecule has 2 N–H and O–H groups in total. The van der Waals surface area contributed by atoms with Gasteiger partial charge in [0, 0.05) is 43.8 Å². The molecule has 1 heterocycles. The van der Waals surface area contributed by atoms with E-state index in [1.165, 1.54) is 27.6 Å². The minimum atomic E-state index is 0.0954. The summed E-state index contributed by atoms with van der Waals surface area (Å²) in [5.41, 5.74) is 4.98. The maximum atomic E-state index is 12.6. The molecule has 0 bridgehead atoms. The maximum Gasteiger partial charge on any atom is 0.220 e. The van der Waals surface area contributed by atoms with Crippen LogP contribution in [0.25, 0.3) is 10.9 Å². The van der Waals surface area contributed by atoms with Crippen LogP contribution in [0.15, 0.2) is 54.7 Å². The fourth-order valence-electron chi connectivity index (χ4n) is 3.80. The smallest absolute Gasteiger partial charge is 0.220 e. The van der Waals surface area contributed by atoms with Gasteiger partial charge in [0.2, 0.25) is 5.91 Å². The number of aromatic nitrogens is 1. The molecule has 0 spiro atoms. The van der Waals surface area contributed by atoms with E-state index in [1.54, 1.807) is 7.11 Å². The van der Waals surface area contributed by atoms with Gasteiger partial charge in [0.15, 0.2) is 0 Å². The Morgan fingerprint density at radius 1 is 1.14 bits per heavy atom. The van der Waals surface area contributed by atoms with Gasteiger partial charge in [0.05, 0.1) is 0 Å². The number of methoxy groups -OCH3 is 1. The summed E-state index contributed by atoms with van der Waals surface area (Å²) in [5, 5.41) is 4.27. The lowest BCUT2D eigenvalue weighted by atomic mass is 9.88. The van der Waals surface area contributed by atoms with Gasteiger partial charge in [-0.25, -0.2) is 0 Å². The van der Waals surface area contributed by atoms with E-state index in [1.807, 2.05) is 6.07 Å². The highest BCUT2D eigenvalue weighted by atomic mass is 16.5. The van der Waals surface area contributed by atoms with Crippen molar-refractivity contribution in [2.45, 2.75) is 38.5 Å². The molecule has 148 valence electrons. The molecule has 0 aliphatic heterocycles. The third-order valence-electron chi connectivity index (χ3n) is 5.26. The molecule has 28 heavy (non-hydrogen) atoms. The molecule has 3 rings (SSSR count). The second-order valence-corrected chi connectivity index (χ2v) is 7.22. The summed E-state index contributed by atoms with van der Waals surface area (Å²) < 4.78 is 5.06. The van der Waals surface area contributed by atoms with Crippen LogP contribution >= 0.6 is 0 Å². The van der Waals surface area contributed by atoms with Gasteiger partial charge in [0.25, 0.3) is 0 Å². The second kappa shape index (κ2) is 10.1. The van der Waals surface area contributed by atoms with Crippen LogP contribution in [0.2, 0.25) is 0 Å². The summed E-state index contributed by atoms with van der Waals surface area (Å²) in [7, 11) is 1.68. The number of ether oxygens (including phenoxy) is 1. The molecule has 1 aromatic heterocycles. The van der Waals surface area contributed by atoms with E-state index in [4.69, 9.17) is 4.74 Å². The zero-order valence-corrected chi connectivity index (χ0v) is 16.8. The first-order chi connectivity index (χ1) is 13.7. The zero-order chi connectivity index (χ0) is 19.8. The molecule has 0 saturated carbocycles. The van der Waals surface area contributed by atoms with E-state index in [-0.39, 0.29) is 11.8 Å². The van der Waals surface area contributed by atoms with Crippen molar-refractivity contribution >= 4 is 16.8 Å². The van der Waals surface area contributed by atoms with Gasteiger partial charge in [-0.15, -0.1) is 0 Å². The molecule has 1 atom stereocenters. The number of hydrogen-bond acceptors (Lipinski definition) is 2. The van der Waals surface area contributed by atoms with E-state index in [0.29, 0.717) is 19.6 Å². The number of hydrogen-bond donors (Lipinski definition) is 2. The van der Waals surface area contributed by atoms with Gasteiger partial charge in [-0.1, -0.05) is 55.5 Å². The van der Waals surface area contributed by atoms with Crippen LogP contribution in [0, 0.1) is 0 Å². The largest absolute Gasteiger partial charge is 0.385 e. The third kappa shape index (κ3) is 5.02. The van der Waals surface area contributed by atoms with Gasteiger partial charge in [0.1, 0.15) is 0 Å². The normalized spacial score (nSPS) is 12.2. The zero-order valence-electron chi connectivity index (χ0n) is 16.8. The van der Waals surface area contributed by atoms with Gasteiger partial charge in [-0.3, -0.25) is 4.79 Å². The molecule has 1 amide bonds. The molecule has 0 saturated heterocycles. The van der Waals surface area contributed by atoms with Crippen molar-refractivity contribution in [1.82, 2.24) is 10.3 Å². The Balaban J connectivity index is 1.83. The second-order valence-electron chi connectivity index (χ2n) is 7.22. The van der Waals surface area contributed by atoms with Crippen molar-refractivity contribution < 1.29 is 9.53 Å². The fourth-order valence-corrected chi connectivity index (χ4v) is 3.80. The van der Waals surface area contributed by atoms with E-state index in [2.05, 4.69) is 65.9 Å². The average molecular weight is 379 g/mol. The minimum Gasteiger partial charge on any atom is -0.385 e. The molecule has 0 aliphatic carbocycles. The monoisotopic (exact) mass is 378 g/mol. The lowest BCUT2D eigenvalue weighted by Gasteiger charge is -2.17. The van der Waals surface area contributed by atoms with Crippen LogP contribution in [-0.4, -0.2) is 31.2 Å². The van der Waals surface area contributed by atoms with E-state index in [9.17, 15) is 4.79 Å². The van der Waals surface area contributed by atoms with Crippen molar-refractivity contribution in [2.75, 3.05) is 20.3 Å². The quantitative estimate of drug-likeness (QED) is 0.507. The summed E-state index contributed by atoms with van der Waals surface area (Å²) >= 11 is 0. The number of aryl methyl sites for hydroxylation is 1. The molecule has 0 radical (unpaired) electrons. The first kappa shape index (κ1) is 20.2. The van der Waals surface area contributed by atoms with Crippen molar-refractivity contribution in [3.63, 3.8) is 0 Å². The summed E-state index contributed by atoms with van der Waals surface area (Å²) in [5.74, 6) is 0.226. The van der Waals surface area contributed by atoms with Gasteiger partial charge < -0.3 is 15.0 Å². The predicted molar refractivity (Wildman–Crippen MR) is 115 cm³/mol. The Kier molecular flexibility index (Phi) is 7.26. The van der Waals surface area contributed by atoms with Crippen LogP contribution < -0.4 is 5.32 Å². The molecule has 2 aromatic carbocycles. The van der Waals surface area contributed by atoms with Crippen LogP contribution in [0.1, 0.15) is 42.4 Å². The number of H-pyrrole nitrogens is 1. The summed E-state index contributed by atoms with van der Waals surface area (Å²) in [4.78, 5) is 16.1. The Morgan fingerprint density at radius 2 is 1.96 bits per heavy atom. The number of aromatic amines is 1. The molecule has 1 unspecified atom stereocenters. The number of carbonyl (C=O) groups excluding carboxylic acids is 1. The summed E-state index contributed by atoms with van der Waals surface area (Å²) in [6.07, 6.45) is 5.23. The Hall–Kier alpha value is -2.59. The van der Waals surface area contributed by atoms with Crippen LogP contribution in [0.5, 0.6) is 0 Å². The van der Waals surface area contributed by atoms with E-state index >= 15 is 0 Å². The third-order valence-corrected chi connectivity index (χ3v) is 5.26. The van der Waals surface area contributed by atoms with Crippen molar-refractivity contribution in [3.05, 3.63) is 71.4 Å².